The van der Waals surface area contributed by atoms with Gasteiger partial charge in [0.2, 0.25) is 5.95 Å². The molecule has 0 fully saturated rings. The minimum atomic E-state index is 0.291. The first-order valence-electron chi connectivity index (χ1n) is 6.62. The molecule has 1 aromatic heterocycles. The lowest BCUT2D eigenvalue weighted by Crippen LogP contribution is -2.36. The summed E-state index contributed by atoms with van der Waals surface area (Å²) in [6.45, 7) is 2.11. The molecule has 2 N–H and O–H groups in total. The molecule has 1 heterocycles. The molecule has 104 valence electrons. The molecule has 0 aliphatic carbocycles. The highest BCUT2D eigenvalue weighted by atomic mass is 32.1. The summed E-state index contributed by atoms with van der Waals surface area (Å²) in [4.78, 5) is 8.14. The number of aryl methyl sites for hydroxylation is 1. The van der Waals surface area contributed by atoms with Gasteiger partial charge in [-0.05, 0) is 43.6 Å². The fourth-order valence-corrected chi connectivity index (χ4v) is 2.12. The van der Waals surface area contributed by atoms with E-state index in [0.29, 0.717) is 17.1 Å². The van der Waals surface area contributed by atoms with Crippen molar-refractivity contribution in [2.24, 2.45) is 0 Å². The van der Waals surface area contributed by atoms with Crippen molar-refractivity contribution in [3.8, 4) is 0 Å². The smallest absolute Gasteiger partial charge is 0.228 e. The maximum absolute atomic E-state index is 5.24. The van der Waals surface area contributed by atoms with E-state index in [2.05, 4.69) is 51.8 Å². The van der Waals surface area contributed by atoms with Crippen LogP contribution in [0.5, 0.6) is 0 Å². The van der Waals surface area contributed by atoms with E-state index in [1.165, 1.54) is 5.56 Å². The molecular weight excluding hydrogens is 268 g/mol. The first-order valence-corrected chi connectivity index (χ1v) is 7.03. The lowest BCUT2D eigenvalue weighted by atomic mass is 10.1. The molecule has 4 nitrogen and oxygen atoms in total. The van der Waals surface area contributed by atoms with Gasteiger partial charge in [0.1, 0.15) is 0 Å². The monoisotopic (exact) mass is 286 g/mol. The molecule has 1 aromatic carbocycles. The maximum Gasteiger partial charge on any atom is 0.228 e. The summed E-state index contributed by atoms with van der Waals surface area (Å²) >= 11 is 5.24. The van der Waals surface area contributed by atoms with Gasteiger partial charge in [0, 0.05) is 18.4 Å². The summed E-state index contributed by atoms with van der Waals surface area (Å²) < 4.78 is 0. The van der Waals surface area contributed by atoms with E-state index in [-0.39, 0.29) is 0 Å². The standard InChI is InChI=1S/C15H18N4S/c1-12(8-9-13-6-3-2-4-7-13)18-15(20)19-14-16-10-5-11-17-14/h2-7,10-12H,8-9H2,1H3,(H2,16,17,18,19,20)/t12-/m0/s1. The zero-order chi connectivity index (χ0) is 14.2. The van der Waals surface area contributed by atoms with E-state index in [0.717, 1.165) is 12.8 Å². The van der Waals surface area contributed by atoms with Crippen molar-refractivity contribution in [2.75, 3.05) is 5.32 Å². The number of nitrogens with one attached hydrogen (secondary N) is 2. The summed E-state index contributed by atoms with van der Waals surface area (Å²) in [5.74, 6) is 0.514. The molecule has 0 bridgehead atoms. The molecule has 2 aromatic rings. The van der Waals surface area contributed by atoms with Crippen LogP contribution in [-0.4, -0.2) is 21.1 Å². The van der Waals surface area contributed by atoms with Crippen LogP contribution in [0.4, 0.5) is 5.95 Å². The molecule has 0 aliphatic rings. The van der Waals surface area contributed by atoms with E-state index in [9.17, 15) is 0 Å². The van der Waals surface area contributed by atoms with Crippen LogP contribution in [0.15, 0.2) is 48.8 Å². The Morgan fingerprint density at radius 1 is 1.15 bits per heavy atom. The Labute approximate surface area is 124 Å². The third-order valence-electron chi connectivity index (χ3n) is 2.88. The van der Waals surface area contributed by atoms with Crippen molar-refractivity contribution in [2.45, 2.75) is 25.8 Å². The Hall–Kier alpha value is -2.01. The molecule has 0 unspecified atom stereocenters. The third kappa shape index (κ3) is 4.93. The molecule has 1 atom stereocenters. The molecule has 0 saturated heterocycles. The number of thiocarbonyl (C=S) groups is 1. The Morgan fingerprint density at radius 3 is 2.55 bits per heavy atom. The highest BCUT2D eigenvalue weighted by Gasteiger charge is 2.05. The van der Waals surface area contributed by atoms with Gasteiger partial charge < -0.3 is 10.6 Å². The summed E-state index contributed by atoms with van der Waals surface area (Å²) in [6.07, 6.45) is 5.40. The van der Waals surface area contributed by atoms with Gasteiger partial charge in [0.25, 0.3) is 0 Å². The van der Waals surface area contributed by atoms with Crippen LogP contribution < -0.4 is 10.6 Å². The second kappa shape index (κ2) is 7.55. The SMILES string of the molecule is C[C@@H](CCc1ccccc1)NC(=S)Nc1ncccn1. The molecule has 20 heavy (non-hydrogen) atoms. The van der Waals surface area contributed by atoms with Crippen LogP contribution in [-0.2, 0) is 6.42 Å². The van der Waals surface area contributed by atoms with Crippen molar-refractivity contribution >= 4 is 23.3 Å². The van der Waals surface area contributed by atoms with Gasteiger partial charge in [-0.15, -0.1) is 0 Å². The predicted molar refractivity (Wildman–Crippen MR) is 85.6 cm³/mol. The number of hydrogen-bond acceptors (Lipinski definition) is 3. The molecule has 0 amide bonds. The van der Waals surface area contributed by atoms with Crippen LogP contribution in [0.1, 0.15) is 18.9 Å². The van der Waals surface area contributed by atoms with Gasteiger partial charge >= 0.3 is 0 Å². The molecule has 0 spiro atoms. The molecular formula is C15H18N4S. The molecule has 5 heteroatoms. The van der Waals surface area contributed by atoms with Crippen LogP contribution in [0, 0.1) is 0 Å². The number of nitrogens with zero attached hydrogens (tertiary/aromatic N) is 2. The second-order valence-corrected chi connectivity index (χ2v) is 5.00. The zero-order valence-electron chi connectivity index (χ0n) is 11.4. The van der Waals surface area contributed by atoms with Crippen LogP contribution in [0.25, 0.3) is 0 Å². The lowest BCUT2D eigenvalue weighted by Gasteiger charge is -2.16. The van der Waals surface area contributed by atoms with E-state index in [1.807, 2.05) is 6.07 Å². The van der Waals surface area contributed by atoms with Crippen LogP contribution in [0.2, 0.25) is 0 Å². The first kappa shape index (κ1) is 14.4. The van der Waals surface area contributed by atoms with Gasteiger partial charge in [0.05, 0.1) is 0 Å². The van der Waals surface area contributed by atoms with E-state index in [1.54, 1.807) is 18.5 Å². The average Bonchev–Trinajstić information content (AvgIpc) is 2.47. The normalized spacial score (nSPS) is 11.7. The molecule has 2 rings (SSSR count). The molecule has 0 aliphatic heterocycles. The number of hydrogen-bond donors (Lipinski definition) is 2. The Morgan fingerprint density at radius 2 is 1.85 bits per heavy atom. The number of aromatic nitrogens is 2. The summed E-state index contributed by atoms with van der Waals surface area (Å²) in [5.41, 5.74) is 1.34. The van der Waals surface area contributed by atoms with Gasteiger partial charge in [-0.25, -0.2) is 9.97 Å². The van der Waals surface area contributed by atoms with Gasteiger partial charge in [-0.2, -0.15) is 0 Å². The third-order valence-corrected chi connectivity index (χ3v) is 3.10. The maximum atomic E-state index is 5.24. The van der Waals surface area contributed by atoms with Crippen molar-refractivity contribution in [1.29, 1.82) is 0 Å². The minimum absolute atomic E-state index is 0.291. The van der Waals surface area contributed by atoms with E-state index >= 15 is 0 Å². The van der Waals surface area contributed by atoms with Crippen molar-refractivity contribution in [1.82, 2.24) is 15.3 Å². The average molecular weight is 286 g/mol. The van der Waals surface area contributed by atoms with Crippen molar-refractivity contribution in [3.63, 3.8) is 0 Å². The van der Waals surface area contributed by atoms with E-state index in [4.69, 9.17) is 12.2 Å². The molecule has 0 radical (unpaired) electrons. The second-order valence-electron chi connectivity index (χ2n) is 4.60. The predicted octanol–water partition coefficient (Wildman–Crippen LogP) is 2.78. The van der Waals surface area contributed by atoms with Crippen LogP contribution >= 0.6 is 12.2 Å². The fourth-order valence-electron chi connectivity index (χ4n) is 1.83. The number of anilines is 1. The number of rotatable bonds is 5. The minimum Gasteiger partial charge on any atom is -0.360 e. The van der Waals surface area contributed by atoms with Gasteiger partial charge in [-0.3, -0.25) is 0 Å². The van der Waals surface area contributed by atoms with Gasteiger partial charge in [-0.1, -0.05) is 30.3 Å². The molecule has 0 saturated carbocycles. The Bertz CT molecular complexity index is 530. The van der Waals surface area contributed by atoms with Gasteiger partial charge in [0.15, 0.2) is 5.11 Å². The largest absolute Gasteiger partial charge is 0.360 e. The van der Waals surface area contributed by atoms with Crippen LogP contribution in [0.3, 0.4) is 0 Å². The van der Waals surface area contributed by atoms with Crippen molar-refractivity contribution < 1.29 is 0 Å². The van der Waals surface area contributed by atoms with Crippen molar-refractivity contribution in [3.05, 3.63) is 54.4 Å². The summed E-state index contributed by atoms with van der Waals surface area (Å²) in [7, 11) is 0. The lowest BCUT2D eigenvalue weighted by molar-refractivity contribution is 0.609. The fraction of sp³-hybridized carbons (Fsp3) is 0.267. The summed E-state index contributed by atoms with van der Waals surface area (Å²) in [5, 5.41) is 6.76. The number of benzene rings is 1. The Balaban J connectivity index is 1.74. The Kier molecular flexibility index (Phi) is 5.43. The topological polar surface area (TPSA) is 49.8 Å². The zero-order valence-corrected chi connectivity index (χ0v) is 12.2. The quantitative estimate of drug-likeness (QED) is 0.828. The first-order chi connectivity index (χ1) is 9.74. The highest BCUT2D eigenvalue weighted by molar-refractivity contribution is 7.80. The highest BCUT2D eigenvalue weighted by Crippen LogP contribution is 2.05. The van der Waals surface area contributed by atoms with E-state index < -0.39 is 0 Å². The summed E-state index contributed by atoms with van der Waals surface area (Å²) in [6, 6.07) is 12.5.